The molecule has 1 heterocycles. The third kappa shape index (κ3) is 3.71. The number of carbonyl (C=O) groups excluding carboxylic acids is 1. The summed E-state index contributed by atoms with van der Waals surface area (Å²) in [4.78, 5) is 15.6. The number of pyridine rings is 1. The van der Waals surface area contributed by atoms with Gasteiger partial charge in [0.1, 0.15) is 5.69 Å². The predicted octanol–water partition coefficient (Wildman–Crippen LogP) is 0.530. The summed E-state index contributed by atoms with van der Waals surface area (Å²) >= 11 is 0. The monoisotopic (exact) mass is 217 g/mol. The first-order valence-corrected chi connectivity index (χ1v) is 5.09. The third-order valence-electron chi connectivity index (χ3n) is 1.75. The highest BCUT2D eigenvalue weighted by atomic mass is 16.1. The minimum absolute atomic E-state index is 0.103. The molecule has 0 saturated heterocycles. The fourth-order valence-electron chi connectivity index (χ4n) is 1.09. The first kappa shape index (κ1) is 12.2. The molecule has 1 aromatic heterocycles. The lowest BCUT2D eigenvalue weighted by Gasteiger charge is -2.07. The van der Waals surface area contributed by atoms with Gasteiger partial charge in [-0.15, -0.1) is 0 Å². The molecule has 3 N–H and O–H groups in total. The molecule has 84 valence electrons. The Balaban J connectivity index is 2.74. The van der Waals surface area contributed by atoms with Crippen LogP contribution in [0.15, 0.2) is 18.3 Å². The second-order valence-electron chi connectivity index (χ2n) is 3.57. The van der Waals surface area contributed by atoms with Crippen LogP contribution in [0.3, 0.4) is 0 Å². The summed E-state index contributed by atoms with van der Waals surface area (Å²) in [6.45, 7) is 4.12. The average molecular weight is 217 g/mol. The second-order valence-corrected chi connectivity index (χ2v) is 3.57. The van der Waals surface area contributed by atoms with Gasteiger partial charge in [0.15, 0.2) is 0 Å². The van der Waals surface area contributed by atoms with Crippen molar-refractivity contribution < 1.29 is 4.79 Å². The molecule has 0 atom stereocenters. The zero-order valence-electron chi connectivity index (χ0n) is 9.45. The quantitative estimate of drug-likeness (QED) is 0.710. The number of hydrogen-bond donors (Lipinski definition) is 2. The Bertz CT molecular complexity index is 412. The van der Waals surface area contributed by atoms with E-state index >= 15 is 0 Å². The minimum atomic E-state index is -0.173. The number of carbonyl (C=O) groups is 1. The van der Waals surface area contributed by atoms with Crippen molar-refractivity contribution >= 4 is 5.91 Å². The van der Waals surface area contributed by atoms with E-state index in [0.29, 0.717) is 12.2 Å². The van der Waals surface area contributed by atoms with Crippen LogP contribution in [0.2, 0.25) is 0 Å². The number of nitrogens with zero attached hydrogens (tertiary/aromatic N) is 1. The third-order valence-corrected chi connectivity index (χ3v) is 1.75. The van der Waals surface area contributed by atoms with Crippen LogP contribution in [0.5, 0.6) is 0 Å². The van der Waals surface area contributed by atoms with Gasteiger partial charge in [0.25, 0.3) is 5.91 Å². The Morgan fingerprint density at radius 1 is 1.56 bits per heavy atom. The highest BCUT2D eigenvalue weighted by molar-refractivity contribution is 5.92. The van der Waals surface area contributed by atoms with Crippen molar-refractivity contribution in [2.24, 2.45) is 5.73 Å². The van der Waals surface area contributed by atoms with Crippen molar-refractivity contribution in [2.45, 2.75) is 19.9 Å². The Labute approximate surface area is 95.3 Å². The molecule has 1 rings (SSSR count). The van der Waals surface area contributed by atoms with Gasteiger partial charge in [-0.1, -0.05) is 11.8 Å². The predicted molar refractivity (Wildman–Crippen MR) is 62.8 cm³/mol. The molecule has 0 spiro atoms. The normalized spacial score (nSPS) is 9.50. The largest absolute Gasteiger partial charge is 0.349 e. The van der Waals surface area contributed by atoms with E-state index in [0.717, 1.165) is 5.56 Å². The van der Waals surface area contributed by atoms with Crippen LogP contribution in [0.1, 0.15) is 29.9 Å². The lowest BCUT2D eigenvalue weighted by atomic mass is 10.2. The van der Waals surface area contributed by atoms with Crippen LogP contribution in [0, 0.1) is 11.8 Å². The van der Waals surface area contributed by atoms with E-state index in [1.807, 2.05) is 13.8 Å². The summed E-state index contributed by atoms with van der Waals surface area (Å²) in [7, 11) is 0. The van der Waals surface area contributed by atoms with Crippen LogP contribution in [-0.4, -0.2) is 23.5 Å². The second kappa shape index (κ2) is 5.89. The molecule has 1 amide bonds. The van der Waals surface area contributed by atoms with E-state index in [4.69, 9.17) is 5.73 Å². The van der Waals surface area contributed by atoms with Crippen LogP contribution >= 0.6 is 0 Å². The maximum absolute atomic E-state index is 11.6. The van der Waals surface area contributed by atoms with Crippen molar-refractivity contribution in [1.29, 1.82) is 0 Å². The van der Waals surface area contributed by atoms with Gasteiger partial charge in [-0.25, -0.2) is 4.98 Å². The van der Waals surface area contributed by atoms with E-state index in [9.17, 15) is 4.79 Å². The zero-order chi connectivity index (χ0) is 12.0. The number of hydrogen-bond acceptors (Lipinski definition) is 3. The topological polar surface area (TPSA) is 68.0 Å². The summed E-state index contributed by atoms with van der Waals surface area (Å²) in [5, 5.41) is 2.76. The Hall–Kier alpha value is -1.86. The fourth-order valence-corrected chi connectivity index (χ4v) is 1.09. The van der Waals surface area contributed by atoms with Gasteiger partial charge < -0.3 is 11.1 Å². The van der Waals surface area contributed by atoms with E-state index in [-0.39, 0.29) is 11.9 Å². The van der Waals surface area contributed by atoms with Crippen molar-refractivity contribution in [3.8, 4) is 11.8 Å². The van der Waals surface area contributed by atoms with Crippen LogP contribution in [0.25, 0.3) is 0 Å². The van der Waals surface area contributed by atoms with Crippen LogP contribution in [0.4, 0.5) is 0 Å². The number of aromatic nitrogens is 1. The zero-order valence-corrected chi connectivity index (χ0v) is 9.45. The molecule has 0 bridgehead atoms. The van der Waals surface area contributed by atoms with Crippen molar-refractivity contribution in [3.05, 3.63) is 29.6 Å². The smallest absolute Gasteiger partial charge is 0.270 e. The molecule has 0 fully saturated rings. The molecule has 0 aliphatic carbocycles. The van der Waals surface area contributed by atoms with Crippen molar-refractivity contribution in [3.63, 3.8) is 0 Å². The molecule has 0 unspecified atom stereocenters. The van der Waals surface area contributed by atoms with Gasteiger partial charge in [-0.2, -0.15) is 0 Å². The molecule has 16 heavy (non-hydrogen) atoms. The summed E-state index contributed by atoms with van der Waals surface area (Å²) in [5.41, 5.74) is 6.40. The summed E-state index contributed by atoms with van der Waals surface area (Å²) in [6, 6.07) is 3.51. The van der Waals surface area contributed by atoms with Crippen LogP contribution in [-0.2, 0) is 0 Å². The summed E-state index contributed by atoms with van der Waals surface area (Å²) in [5.74, 6) is 5.39. The van der Waals surface area contributed by atoms with Gasteiger partial charge in [0.2, 0.25) is 0 Å². The van der Waals surface area contributed by atoms with Gasteiger partial charge in [-0.3, -0.25) is 4.79 Å². The van der Waals surface area contributed by atoms with Crippen molar-refractivity contribution in [1.82, 2.24) is 10.3 Å². The maximum atomic E-state index is 11.6. The molecule has 4 nitrogen and oxygen atoms in total. The standard InChI is InChI=1S/C12H15N3O/c1-9(2)15-12(16)11-6-5-10(8-14-11)4-3-7-13/h5-6,8-9H,7,13H2,1-2H3,(H,15,16). The molecular formula is C12H15N3O. The van der Waals surface area contributed by atoms with Crippen LogP contribution < -0.4 is 11.1 Å². The molecule has 0 aliphatic rings. The number of rotatable bonds is 2. The van der Waals surface area contributed by atoms with Gasteiger partial charge >= 0.3 is 0 Å². The number of nitrogens with one attached hydrogen (secondary N) is 1. The Kier molecular flexibility index (Phi) is 4.49. The fraction of sp³-hybridized carbons (Fsp3) is 0.333. The molecule has 0 saturated carbocycles. The highest BCUT2D eigenvalue weighted by Gasteiger charge is 2.07. The van der Waals surface area contributed by atoms with Gasteiger partial charge in [0.05, 0.1) is 6.54 Å². The van der Waals surface area contributed by atoms with E-state index in [2.05, 4.69) is 22.1 Å². The minimum Gasteiger partial charge on any atom is -0.349 e. The lowest BCUT2D eigenvalue weighted by molar-refractivity contribution is 0.0938. The molecular weight excluding hydrogens is 202 g/mol. The first-order chi connectivity index (χ1) is 7.63. The SMILES string of the molecule is CC(C)NC(=O)c1ccc(C#CCN)cn1. The Morgan fingerprint density at radius 3 is 2.81 bits per heavy atom. The molecule has 0 aromatic carbocycles. The Morgan fingerprint density at radius 2 is 2.31 bits per heavy atom. The van der Waals surface area contributed by atoms with E-state index in [1.54, 1.807) is 18.3 Å². The molecule has 0 aliphatic heterocycles. The van der Waals surface area contributed by atoms with Gasteiger partial charge in [0, 0.05) is 17.8 Å². The maximum Gasteiger partial charge on any atom is 0.270 e. The number of nitrogens with two attached hydrogens (primary N) is 1. The number of amides is 1. The lowest BCUT2D eigenvalue weighted by Crippen LogP contribution is -2.30. The van der Waals surface area contributed by atoms with Crippen molar-refractivity contribution in [2.75, 3.05) is 6.54 Å². The molecule has 1 aromatic rings. The average Bonchev–Trinajstić information content (AvgIpc) is 2.26. The summed E-state index contributed by atoms with van der Waals surface area (Å²) < 4.78 is 0. The first-order valence-electron chi connectivity index (χ1n) is 5.09. The highest BCUT2D eigenvalue weighted by Crippen LogP contribution is 1.99. The molecule has 4 heteroatoms. The van der Waals surface area contributed by atoms with Gasteiger partial charge in [-0.05, 0) is 26.0 Å². The molecule has 0 radical (unpaired) electrons. The van der Waals surface area contributed by atoms with E-state index < -0.39 is 0 Å². The summed E-state index contributed by atoms with van der Waals surface area (Å²) in [6.07, 6.45) is 1.57. The van der Waals surface area contributed by atoms with E-state index in [1.165, 1.54) is 0 Å².